The summed E-state index contributed by atoms with van der Waals surface area (Å²) in [6.45, 7) is 4.22. The first-order chi connectivity index (χ1) is 12.7. The fourth-order valence-corrected chi connectivity index (χ4v) is 3.39. The molecule has 2 aromatic carbocycles. The zero-order valence-electron chi connectivity index (χ0n) is 15.1. The maximum Gasteiger partial charge on any atom is 0.173 e. The lowest BCUT2D eigenvalue weighted by molar-refractivity contribution is 0.0904. The summed E-state index contributed by atoms with van der Waals surface area (Å²) in [5, 5.41) is 14.1. The number of nitrogens with one attached hydrogen (secondary N) is 1. The van der Waals surface area contributed by atoms with Gasteiger partial charge in [0.05, 0.1) is 6.10 Å². The van der Waals surface area contributed by atoms with Crippen molar-refractivity contribution in [2.24, 2.45) is 0 Å². The van der Waals surface area contributed by atoms with Gasteiger partial charge in [-0.25, -0.2) is 0 Å². The van der Waals surface area contributed by atoms with Gasteiger partial charge in [-0.3, -0.25) is 0 Å². The van der Waals surface area contributed by atoms with Gasteiger partial charge in [0, 0.05) is 30.9 Å². The van der Waals surface area contributed by atoms with Crippen molar-refractivity contribution < 1.29 is 9.84 Å². The SMILES string of the molecule is CCc1ccc(NC(=S)N(Cc2ccccc2O)C[C@@H]2CCCO2)cc1. The van der Waals surface area contributed by atoms with Crippen LogP contribution in [0.5, 0.6) is 5.75 Å². The number of ether oxygens (including phenoxy) is 1. The second-order valence-corrected chi connectivity index (χ2v) is 7.01. The molecule has 1 atom stereocenters. The van der Waals surface area contributed by atoms with Gasteiger partial charge < -0.3 is 20.1 Å². The van der Waals surface area contributed by atoms with Crippen molar-refractivity contribution >= 4 is 23.0 Å². The van der Waals surface area contributed by atoms with Gasteiger partial charge in [-0.05, 0) is 55.2 Å². The van der Waals surface area contributed by atoms with Crippen molar-refractivity contribution in [1.82, 2.24) is 4.90 Å². The van der Waals surface area contributed by atoms with Crippen LogP contribution in [0.2, 0.25) is 0 Å². The second-order valence-electron chi connectivity index (χ2n) is 6.62. The smallest absolute Gasteiger partial charge is 0.173 e. The third kappa shape index (κ3) is 4.96. The Labute approximate surface area is 160 Å². The van der Waals surface area contributed by atoms with Gasteiger partial charge in [0.25, 0.3) is 0 Å². The average molecular weight is 371 g/mol. The van der Waals surface area contributed by atoms with Crippen molar-refractivity contribution in [1.29, 1.82) is 0 Å². The Kier molecular flexibility index (Phi) is 6.47. The molecule has 1 heterocycles. The topological polar surface area (TPSA) is 44.7 Å². The predicted molar refractivity (Wildman–Crippen MR) is 110 cm³/mol. The molecule has 0 saturated carbocycles. The fraction of sp³-hybridized carbons (Fsp3) is 0.381. The fourth-order valence-electron chi connectivity index (χ4n) is 3.13. The van der Waals surface area contributed by atoms with E-state index in [1.807, 2.05) is 18.2 Å². The lowest BCUT2D eigenvalue weighted by atomic mass is 10.1. The average Bonchev–Trinajstić information content (AvgIpc) is 3.16. The van der Waals surface area contributed by atoms with Crippen LogP contribution in [0.4, 0.5) is 5.69 Å². The minimum Gasteiger partial charge on any atom is -0.508 e. The van der Waals surface area contributed by atoms with Crippen LogP contribution in [-0.4, -0.2) is 34.4 Å². The number of nitrogens with zero attached hydrogens (tertiary/aromatic N) is 1. The van der Waals surface area contributed by atoms with E-state index in [2.05, 4.69) is 41.4 Å². The van der Waals surface area contributed by atoms with Crippen LogP contribution < -0.4 is 5.32 Å². The maximum atomic E-state index is 10.1. The van der Waals surface area contributed by atoms with Crippen LogP contribution in [-0.2, 0) is 17.7 Å². The van der Waals surface area contributed by atoms with Gasteiger partial charge in [-0.1, -0.05) is 37.3 Å². The molecular formula is C21H26N2O2S. The molecule has 1 aliphatic heterocycles. The number of aromatic hydroxyl groups is 1. The molecule has 3 rings (SSSR count). The largest absolute Gasteiger partial charge is 0.508 e. The molecule has 138 valence electrons. The van der Waals surface area contributed by atoms with Crippen molar-refractivity contribution in [3.05, 3.63) is 59.7 Å². The molecular weight excluding hydrogens is 344 g/mol. The third-order valence-electron chi connectivity index (χ3n) is 4.70. The van der Waals surface area contributed by atoms with Crippen molar-refractivity contribution in [2.45, 2.75) is 38.8 Å². The first-order valence-electron chi connectivity index (χ1n) is 9.19. The molecule has 0 aliphatic carbocycles. The number of thiocarbonyl (C=S) groups is 1. The van der Waals surface area contributed by atoms with E-state index in [0.29, 0.717) is 24.0 Å². The lowest BCUT2D eigenvalue weighted by Gasteiger charge is -2.28. The highest BCUT2D eigenvalue weighted by Gasteiger charge is 2.22. The number of para-hydroxylation sites is 1. The van der Waals surface area contributed by atoms with Gasteiger partial charge in [0.15, 0.2) is 5.11 Å². The highest BCUT2D eigenvalue weighted by Crippen LogP contribution is 2.21. The van der Waals surface area contributed by atoms with E-state index in [0.717, 1.165) is 37.1 Å². The third-order valence-corrected chi connectivity index (χ3v) is 5.06. The van der Waals surface area contributed by atoms with Crippen molar-refractivity contribution in [2.75, 3.05) is 18.5 Å². The number of hydrogen-bond acceptors (Lipinski definition) is 3. The number of anilines is 1. The minimum atomic E-state index is 0.183. The van der Waals surface area contributed by atoms with E-state index < -0.39 is 0 Å². The van der Waals surface area contributed by atoms with E-state index in [1.165, 1.54) is 5.56 Å². The van der Waals surface area contributed by atoms with Gasteiger partial charge >= 0.3 is 0 Å². The summed E-state index contributed by atoms with van der Waals surface area (Å²) in [4.78, 5) is 2.08. The Morgan fingerprint density at radius 3 is 2.65 bits per heavy atom. The molecule has 1 fully saturated rings. The monoisotopic (exact) mass is 370 g/mol. The van der Waals surface area contributed by atoms with Crippen molar-refractivity contribution in [3.8, 4) is 5.75 Å². The number of hydrogen-bond donors (Lipinski definition) is 2. The molecule has 0 aromatic heterocycles. The summed E-state index contributed by atoms with van der Waals surface area (Å²) in [6.07, 6.45) is 3.34. The quantitative estimate of drug-likeness (QED) is 0.741. The molecule has 1 aliphatic rings. The number of phenols is 1. The molecule has 0 bridgehead atoms. The zero-order chi connectivity index (χ0) is 18.4. The standard InChI is InChI=1S/C21H26N2O2S/c1-2-16-9-11-18(12-10-16)22-21(26)23(15-19-7-5-13-25-19)14-17-6-3-4-8-20(17)24/h3-4,6,8-12,19,24H,2,5,7,13-15H2,1H3,(H,22,26)/t19-/m0/s1. The van der Waals surface area contributed by atoms with Crippen LogP contribution in [0.3, 0.4) is 0 Å². The molecule has 0 radical (unpaired) electrons. The summed E-state index contributed by atoms with van der Waals surface area (Å²) in [5.41, 5.74) is 3.13. The molecule has 26 heavy (non-hydrogen) atoms. The predicted octanol–water partition coefficient (Wildman–Crippen LogP) is 4.33. The molecule has 2 N–H and O–H groups in total. The summed E-state index contributed by atoms with van der Waals surface area (Å²) >= 11 is 5.67. The van der Waals surface area contributed by atoms with Crippen LogP contribution in [0, 0.1) is 0 Å². The Balaban J connectivity index is 1.72. The van der Waals surface area contributed by atoms with Gasteiger partial charge in [-0.15, -0.1) is 0 Å². The molecule has 2 aromatic rings. The Bertz CT molecular complexity index is 727. The number of aryl methyl sites for hydroxylation is 1. The number of benzene rings is 2. The van der Waals surface area contributed by atoms with Gasteiger partial charge in [-0.2, -0.15) is 0 Å². The first kappa shape index (κ1) is 18.7. The summed E-state index contributed by atoms with van der Waals surface area (Å²) in [5.74, 6) is 0.292. The van der Waals surface area contributed by atoms with Gasteiger partial charge in [0.1, 0.15) is 5.75 Å². The van der Waals surface area contributed by atoms with E-state index in [-0.39, 0.29) is 6.10 Å². The highest BCUT2D eigenvalue weighted by atomic mass is 32.1. The summed E-state index contributed by atoms with van der Waals surface area (Å²) < 4.78 is 5.79. The van der Waals surface area contributed by atoms with Crippen molar-refractivity contribution in [3.63, 3.8) is 0 Å². The number of rotatable bonds is 6. The summed E-state index contributed by atoms with van der Waals surface area (Å²) in [7, 11) is 0. The molecule has 0 amide bonds. The molecule has 0 spiro atoms. The van der Waals surface area contributed by atoms with Crippen LogP contribution in [0.15, 0.2) is 48.5 Å². The second kappa shape index (κ2) is 9.01. The summed E-state index contributed by atoms with van der Waals surface area (Å²) in [6, 6.07) is 15.7. The van der Waals surface area contributed by atoms with E-state index in [4.69, 9.17) is 17.0 Å². The number of phenolic OH excluding ortho intramolecular Hbond substituents is 1. The first-order valence-corrected chi connectivity index (χ1v) is 9.60. The van der Waals surface area contributed by atoms with Crippen LogP contribution >= 0.6 is 12.2 Å². The maximum absolute atomic E-state index is 10.1. The molecule has 5 heteroatoms. The molecule has 0 unspecified atom stereocenters. The zero-order valence-corrected chi connectivity index (χ0v) is 16.0. The Morgan fingerprint density at radius 1 is 1.23 bits per heavy atom. The van der Waals surface area contributed by atoms with E-state index in [1.54, 1.807) is 6.07 Å². The Morgan fingerprint density at radius 2 is 2.00 bits per heavy atom. The normalized spacial score (nSPS) is 16.4. The van der Waals surface area contributed by atoms with Crippen LogP contribution in [0.25, 0.3) is 0 Å². The highest BCUT2D eigenvalue weighted by molar-refractivity contribution is 7.80. The van der Waals surface area contributed by atoms with E-state index >= 15 is 0 Å². The van der Waals surface area contributed by atoms with Gasteiger partial charge in [0.2, 0.25) is 0 Å². The minimum absolute atomic E-state index is 0.183. The molecule has 1 saturated heterocycles. The Hall–Kier alpha value is -2.11. The van der Waals surface area contributed by atoms with Crippen LogP contribution in [0.1, 0.15) is 30.9 Å². The molecule has 4 nitrogen and oxygen atoms in total. The lowest BCUT2D eigenvalue weighted by Crippen LogP contribution is -2.39. The van der Waals surface area contributed by atoms with E-state index in [9.17, 15) is 5.11 Å².